The monoisotopic (exact) mass is 372 g/mol. The molecule has 144 valence electrons. The van der Waals surface area contributed by atoms with Crippen molar-refractivity contribution in [3.63, 3.8) is 0 Å². The van der Waals surface area contributed by atoms with Gasteiger partial charge in [0.2, 0.25) is 0 Å². The van der Waals surface area contributed by atoms with E-state index in [0.29, 0.717) is 24.0 Å². The summed E-state index contributed by atoms with van der Waals surface area (Å²) >= 11 is 0. The molecule has 6 nitrogen and oxygen atoms in total. The van der Waals surface area contributed by atoms with E-state index in [1.54, 1.807) is 26.4 Å². The first-order chi connectivity index (χ1) is 13.1. The first-order valence-corrected chi connectivity index (χ1v) is 8.87. The van der Waals surface area contributed by atoms with Gasteiger partial charge in [0.05, 0.1) is 20.8 Å². The van der Waals surface area contributed by atoms with Gasteiger partial charge in [-0.15, -0.1) is 0 Å². The van der Waals surface area contributed by atoms with Gasteiger partial charge in [-0.05, 0) is 30.3 Å². The number of para-hydroxylation sites is 1. The van der Waals surface area contributed by atoms with E-state index in [-0.39, 0.29) is 5.82 Å². The molecule has 0 aromatic heterocycles. The van der Waals surface area contributed by atoms with Crippen molar-refractivity contribution < 1.29 is 13.9 Å². The minimum absolute atomic E-state index is 0.221. The maximum absolute atomic E-state index is 13.1. The predicted molar refractivity (Wildman–Crippen MR) is 105 cm³/mol. The number of methoxy groups -OCH3 is 2. The molecule has 3 rings (SSSR count). The summed E-state index contributed by atoms with van der Waals surface area (Å²) in [6, 6.07) is 12.3. The fourth-order valence-electron chi connectivity index (χ4n) is 3.19. The van der Waals surface area contributed by atoms with Crippen LogP contribution in [0.15, 0.2) is 47.5 Å². The summed E-state index contributed by atoms with van der Waals surface area (Å²) in [5, 5.41) is 0. The Labute approximate surface area is 159 Å². The number of nitrogens with zero attached hydrogens (tertiary/aromatic N) is 3. The van der Waals surface area contributed by atoms with Crippen LogP contribution in [0.4, 0.5) is 10.1 Å². The minimum Gasteiger partial charge on any atom is -0.493 e. The van der Waals surface area contributed by atoms with Gasteiger partial charge in [-0.25, -0.2) is 9.38 Å². The van der Waals surface area contributed by atoms with Crippen molar-refractivity contribution in [2.45, 2.75) is 6.54 Å². The Morgan fingerprint density at radius 3 is 2.37 bits per heavy atom. The van der Waals surface area contributed by atoms with Gasteiger partial charge in [0.15, 0.2) is 17.5 Å². The summed E-state index contributed by atoms with van der Waals surface area (Å²) in [5.74, 6) is 1.65. The summed E-state index contributed by atoms with van der Waals surface area (Å²) in [6.07, 6.45) is 0. The molecule has 2 aromatic rings. The average molecular weight is 372 g/mol. The van der Waals surface area contributed by atoms with Gasteiger partial charge in [-0.3, -0.25) is 0 Å². The zero-order valence-electron chi connectivity index (χ0n) is 15.7. The number of guanidine groups is 1. The largest absolute Gasteiger partial charge is 0.493 e. The minimum atomic E-state index is -0.221. The number of hydrogen-bond acceptors (Lipinski definition) is 4. The number of benzene rings is 2. The number of rotatable bonds is 5. The van der Waals surface area contributed by atoms with E-state index >= 15 is 0 Å². The molecule has 1 aliphatic rings. The molecule has 0 unspecified atom stereocenters. The smallest absolute Gasteiger partial charge is 0.191 e. The molecule has 1 saturated heterocycles. The topological polar surface area (TPSA) is 63.3 Å². The van der Waals surface area contributed by atoms with Crippen molar-refractivity contribution >= 4 is 11.6 Å². The summed E-state index contributed by atoms with van der Waals surface area (Å²) in [5.41, 5.74) is 8.14. The Morgan fingerprint density at radius 2 is 1.74 bits per heavy atom. The van der Waals surface area contributed by atoms with E-state index < -0.39 is 0 Å². The van der Waals surface area contributed by atoms with Crippen LogP contribution in [0, 0.1) is 5.82 Å². The molecule has 0 saturated carbocycles. The molecule has 7 heteroatoms. The van der Waals surface area contributed by atoms with Crippen molar-refractivity contribution in [2.24, 2.45) is 10.7 Å². The number of anilines is 1. The molecule has 1 fully saturated rings. The molecular weight excluding hydrogens is 347 g/mol. The molecular formula is C20H25FN4O2. The molecule has 1 heterocycles. The van der Waals surface area contributed by atoms with Crippen molar-refractivity contribution in [1.29, 1.82) is 0 Å². The molecule has 0 spiro atoms. The highest BCUT2D eigenvalue weighted by molar-refractivity contribution is 5.78. The first kappa shape index (κ1) is 18.8. The molecule has 0 aliphatic carbocycles. The lowest BCUT2D eigenvalue weighted by molar-refractivity contribution is 0.351. The number of piperazine rings is 1. The van der Waals surface area contributed by atoms with Crippen molar-refractivity contribution in [1.82, 2.24) is 4.90 Å². The van der Waals surface area contributed by atoms with E-state index in [1.165, 1.54) is 12.1 Å². The number of aliphatic imine (C=N–C) groups is 1. The Hall–Kier alpha value is -2.96. The highest BCUT2D eigenvalue weighted by atomic mass is 19.1. The average Bonchev–Trinajstić information content (AvgIpc) is 2.72. The Balaban J connectivity index is 1.61. The summed E-state index contributed by atoms with van der Waals surface area (Å²) in [6.45, 7) is 3.57. The molecule has 2 N–H and O–H groups in total. The van der Waals surface area contributed by atoms with Crippen LogP contribution in [0.3, 0.4) is 0 Å². The maximum atomic E-state index is 13.1. The molecule has 2 aromatic carbocycles. The highest BCUT2D eigenvalue weighted by Crippen LogP contribution is 2.31. The predicted octanol–water partition coefficient (Wildman–Crippen LogP) is 2.48. The van der Waals surface area contributed by atoms with E-state index in [1.807, 2.05) is 18.2 Å². The molecule has 1 aliphatic heterocycles. The van der Waals surface area contributed by atoms with Crippen molar-refractivity contribution in [2.75, 3.05) is 45.3 Å². The standard InChI is InChI=1S/C20H25FN4O2/c1-26-18-5-3-4-15(19(18)27-2)14-23-20(22)25-12-10-24(11-13-25)17-8-6-16(21)7-9-17/h3-9H,10-14H2,1-2H3,(H2,22,23). The van der Waals surface area contributed by atoms with Crippen LogP contribution < -0.4 is 20.1 Å². The van der Waals surface area contributed by atoms with Crippen LogP contribution in [-0.2, 0) is 6.54 Å². The normalized spacial score (nSPS) is 15.0. The van der Waals surface area contributed by atoms with Crippen molar-refractivity contribution in [3.8, 4) is 11.5 Å². The zero-order valence-corrected chi connectivity index (χ0v) is 15.7. The molecule has 0 atom stereocenters. The summed E-state index contributed by atoms with van der Waals surface area (Å²) < 4.78 is 23.8. The van der Waals surface area contributed by atoms with Gasteiger partial charge in [0, 0.05) is 37.4 Å². The van der Waals surface area contributed by atoms with Gasteiger partial charge < -0.3 is 25.0 Å². The van der Waals surface area contributed by atoms with Crippen LogP contribution >= 0.6 is 0 Å². The molecule has 27 heavy (non-hydrogen) atoms. The second-order valence-corrected chi connectivity index (χ2v) is 6.28. The number of ether oxygens (including phenoxy) is 2. The third-order valence-electron chi connectivity index (χ3n) is 4.69. The summed E-state index contributed by atoms with van der Waals surface area (Å²) in [7, 11) is 3.23. The van der Waals surface area contributed by atoms with Gasteiger partial charge in [-0.2, -0.15) is 0 Å². The van der Waals surface area contributed by atoms with Gasteiger partial charge >= 0.3 is 0 Å². The van der Waals surface area contributed by atoms with Gasteiger partial charge in [0.25, 0.3) is 0 Å². The molecule has 0 radical (unpaired) electrons. The maximum Gasteiger partial charge on any atom is 0.191 e. The van der Waals surface area contributed by atoms with Crippen molar-refractivity contribution in [3.05, 3.63) is 53.8 Å². The lowest BCUT2D eigenvalue weighted by Gasteiger charge is -2.36. The lowest BCUT2D eigenvalue weighted by atomic mass is 10.2. The Bertz CT molecular complexity index is 787. The summed E-state index contributed by atoms with van der Waals surface area (Å²) in [4.78, 5) is 8.81. The van der Waals surface area contributed by atoms with Gasteiger partial charge in [-0.1, -0.05) is 12.1 Å². The van der Waals surface area contributed by atoms with E-state index in [4.69, 9.17) is 15.2 Å². The Morgan fingerprint density at radius 1 is 1.04 bits per heavy atom. The fourth-order valence-corrected chi connectivity index (χ4v) is 3.19. The van der Waals surface area contributed by atoms with Crippen LogP contribution in [0.5, 0.6) is 11.5 Å². The van der Waals surface area contributed by atoms with Gasteiger partial charge in [0.1, 0.15) is 5.82 Å². The van der Waals surface area contributed by atoms with E-state index in [0.717, 1.165) is 37.4 Å². The lowest BCUT2D eigenvalue weighted by Crippen LogP contribution is -2.51. The highest BCUT2D eigenvalue weighted by Gasteiger charge is 2.19. The van der Waals surface area contributed by atoms with Crippen LogP contribution in [0.1, 0.15) is 5.56 Å². The third kappa shape index (κ3) is 4.42. The Kier molecular flexibility index (Phi) is 6.01. The van der Waals surface area contributed by atoms with E-state index in [9.17, 15) is 4.39 Å². The first-order valence-electron chi connectivity index (χ1n) is 8.87. The number of halogens is 1. The number of hydrogen-bond donors (Lipinski definition) is 1. The van der Waals surface area contributed by atoms with Crippen LogP contribution in [0.25, 0.3) is 0 Å². The fraction of sp³-hybridized carbons (Fsp3) is 0.350. The quantitative estimate of drug-likeness (QED) is 0.645. The van der Waals surface area contributed by atoms with Crippen LogP contribution in [-0.4, -0.2) is 51.3 Å². The zero-order chi connectivity index (χ0) is 19.2. The molecule has 0 bridgehead atoms. The molecule has 0 amide bonds. The van der Waals surface area contributed by atoms with E-state index in [2.05, 4.69) is 14.8 Å². The second kappa shape index (κ2) is 8.62. The SMILES string of the molecule is COc1cccc(CN=C(N)N2CCN(c3ccc(F)cc3)CC2)c1OC. The second-order valence-electron chi connectivity index (χ2n) is 6.28. The third-order valence-corrected chi connectivity index (χ3v) is 4.69. The number of nitrogens with two attached hydrogens (primary N) is 1. The van der Waals surface area contributed by atoms with Crippen LogP contribution in [0.2, 0.25) is 0 Å².